The standard InChI is InChI=1S/2BrH.2Mo/h2*1H;;/q;;2*+1/p-2. The number of hydrogen-bond donors (Lipinski definition) is 0. The molecular weight excluding hydrogens is 352 g/mol. The molecule has 0 aromatic rings. The van der Waals surface area contributed by atoms with Crippen molar-refractivity contribution in [3.05, 3.63) is 0 Å². The fraction of sp³-hybridized carbons (Fsp3) is 0. The van der Waals surface area contributed by atoms with E-state index < -0.39 is 0 Å². The van der Waals surface area contributed by atoms with E-state index in [1.54, 1.807) is 0 Å². The molecule has 0 aromatic heterocycles. The van der Waals surface area contributed by atoms with E-state index in [9.17, 15) is 0 Å². The fourth-order valence-corrected chi connectivity index (χ4v) is 0. The molecule has 4 heavy (non-hydrogen) atoms. The molecule has 0 aliphatic rings. The van der Waals surface area contributed by atoms with Crippen LogP contribution in [0.5, 0.6) is 0 Å². The molecule has 0 fully saturated rings. The molecule has 0 aliphatic carbocycles. The first-order chi connectivity index (χ1) is 1.91. The predicted octanol–water partition coefficient (Wildman–Crippen LogP) is 1.69. The van der Waals surface area contributed by atoms with Gasteiger partial charge in [0.25, 0.3) is 0 Å². The minimum atomic E-state index is 0.341. The third-order valence-corrected chi connectivity index (χ3v) is 22.5. The molecule has 26 valence electrons. The first-order valence-electron chi connectivity index (χ1n) is 0.475. The van der Waals surface area contributed by atoms with Crippen molar-refractivity contribution in [3.8, 4) is 0 Å². The molecular formula is Br2Mo2. The maximum absolute atomic E-state index is 3.39. The van der Waals surface area contributed by atoms with Crippen molar-refractivity contribution in [2.75, 3.05) is 0 Å². The number of hydrogen-bond acceptors (Lipinski definition) is 0. The van der Waals surface area contributed by atoms with Crippen LogP contribution >= 0.6 is 26.6 Å². The van der Waals surface area contributed by atoms with E-state index in [0.717, 1.165) is 0 Å². The molecule has 0 nitrogen and oxygen atoms in total. The third kappa shape index (κ3) is 4.34. The van der Waals surface area contributed by atoms with Crippen molar-refractivity contribution in [3.63, 3.8) is 0 Å². The Balaban J connectivity index is 2.83. The van der Waals surface area contributed by atoms with E-state index in [1.807, 2.05) is 0 Å². The second kappa shape index (κ2) is 5.34. The summed E-state index contributed by atoms with van der Waals surface area (Å²) in [5.41, 5.74) is 0. The molecule has 0 N–H and O–H groups in total. The molecule has 0 aromatic carbocycles. The molecule has 0 unspecified atom stereocenters. The summed E-state index contributed by atoms with van der Waals surface area (Å²) in [6.45, 7) is 0. The summed E-state index contributed by atoms with van der Waals surface area (Å²) in [6.07, 6.45) is 0. The van der Waals surface area contributed by atoms with Crippen molar-refractivity contribution in [1.29, 1.82) is 0 Å². The van der Waals surface area contributed by atoms with Crippen molar-refractivity contribution < 1.29 is 25.3 Å². The summed E-state index contributed by atoms with van der Waals surface area (Å²) < 4.78 is 0. The van der Waals surface area contributed by atoms with Crippen LogP contribution in [0.2, 0.25) is 0 Å². The van der Waals surface area contributed by atoms with Crippen molar-refractivity contribution in [2.45, 2.75) is 0 Å². The molecule has 0 saturated carbocycles. The molecule has 0 heterocycles. The fourth-order valence-electron chi connectivity index (χ4n) is 0. The van der Waals surface area contributed by atoms with E-state index in [1.165, 1.54) is 0 Å². The van der Waals surface area contributed by atoms with Crippen molar-refractivity contribution in [2.24, 2.45) is 0 Å². The SMILES string of the molecule is [Br][Mo]#[Mo][Br]. The summed E-state index contributed by atoms with van der Waals surface area (Å²) in [4.78, 5) is 0. The summed E-state index contributed by atoms with van der Waals surface area (Å²) in [5, 5.41) is 0. The molecule has 0 radical (unpaired) electrons. The van der Waals surface area contributed by atoms with Gasteiger partial charge in [-0.1, -0.05) is 0 Å². The minimum absolute atomic E-state index is 0.341. The molecule has 0 aliphatic heterocycles. The van der Waals surface area contributed by atoms with E-state index in [2.05, 4.69) is 26.6 Å². The van der Waals surface area contributed by atoms with Crippen LogP contribution < -0.4 is 0 Å². The normalized spacial score (nSPS) is 5.50. The second-order valence-electron chi connectivity index (χ2n) is 0.126. The van der Waals surface area contributed by atoms with Gasteiger partial charge in [-0.2, -0.15) is 0 Å². The Labute approximate surface area is 50.9 Å². The molecule has 4 heteroatoms. The Morgan fingerprint density at radius 1 is 1.00 bits per heavy atom. The molecule has 0 amide bonds. The van der Waals surface area contributed by atoms with Crippen LogP contribution in [0.4, 0.5) is 0 Å². The van der Waals surface area contributed by atoms with Gasteiger partial charge in [-0.05, 0) is 0 Å². The summed E-state index contributed by atoms with van der Waals surface area (Å²) in [7, 11) is 0. The van der Waals surface area contributed by atoms with Gasteiger partial charge in [-0.3, -0.25) is 0 Å². The Morgan fingerprint density at radius 2 is 1.25 bits per heavy atom. The van der Waals surface area contributed by atoms with Gasteiger partial charge in [0.2, 0.25) is 0 Å². The van der Waals surface area contributed by atoms with Crippen LogP contribution in [-0.2, 0) is 25.3 Å². The van der Waals surface area contributed by atoms with Crippen molar-refractivity contribution in [1.82, 2.24) is 0 Å². The topological polar surface area (TPSA) is 0 Å². The molecule has 0 bridgehead atoms. The zero-order valence-electron chi connectivity index (χ0n) is 1.57. The average molecular weight is 352 g/mol. The van der Waals surface area contributed by atoms with Gasteiger partial charge < -0.3 is 0 Å². The summed E-state index contributed by atoms with van der Waals surface area (Å²) in [5.74, 6) is 0. The molecule has 0 spiro atoms. The first kappa shape index (κ1) is 6.34. The Kier molecular flexibility index (Phi) is 8.45. The van der Waals surface area contributed by atoms with Crippen LogP contribution in [-0.4, -0.2) is 0 Å². The molecule has 0 saturated heterocycles. The molecule has 0 rings (SSSR count). The predicted molar refractivity (Wildman–Crippen MR) is 17.9 cm³/mol. The Hall–Kier alpha value is 2.34. The quantitative estimate of drug-likeness (QED) is 0.583. The number of halogens is 2. The van der Waals surface area contributed by atoms with Gasteiger partial charge in [0.15, 0.2) is 0 Å². The summed E-state index contributed by atoms with van der Waals surface area (Å²) in [6, 6.07) is 0. The number of rotatable bonds is 0. The zero-order chi connectivity index (χ0) is 3.41. The average Bonchev–Trinajstić information content (AvgIpc) is 1.37. The van der Waals surface area contributed by atoms with Crippen LogP contribution in [0.15, 0.2) is 0 Å². The Bertz CT molecular complexity index is 40.8. The van der Waals surface area contributed by atoms with Gasteiger partial charge in [0, 0.05) is 0 Å². The van der Waals surface area contributed by atoms with Crippen LogP contribution in [0.25, 0.3) is 0 Å². The van der Waals surface area contributed by atoms with Crippen LogP contribution in [0.1, 0.15) is 0 Å². The van der Waals surface area contributed by atoms with Gasteiger partial charge in [0.05, 0.1) is 0 Å². The van der Waals surface area contributed by atoms with E-state index in [0.29, 0.717) is 25.3 Å². The van der Waals surface area contributed by atoms with Gasteiger partial charge in [0.1, 0.15) is 0 Å². The monoisotopic (exact) mass is 354 g/mol. The van der Waals surface area contributed by atoms with Gasteiger partial charge in [-0.25, -0.2) is 0 Å². The van der Waals surface area contributed by atoms with Crippen molar-refractivity contribution >= 4 is 26.6 Å². The van der Waals surface area contributed by atoms with E-state index >= 15 is 0 Å². The zero-order valence-corrected chi connectivity index (χ0v) is 8.76. The van der Waals surface area contributed by atoms with Gasteiger partial charge >= 0.3 is 51.9 Å². The second-order valence-corrected chi connectivity index (χ2v) is 22.9. The van der Waals surface area contributed by atoms with E-state index in [-0.39, 0.29) is 0 Å². The molecule has 0 atom stereocenters. The summed E-state index contributed by atoms with van der Waals surface area (Å²) >= 11 is 7.46. The first-order valence-corrected chi connectivity index (χ1v) is 15.3. The van der Waals surface area contributed by atoms with E-state index in [4.69, 9.17) is 0 Å². The van der Waals surface area contributed by atoms with Gasteiger partial charge in [-0.15, -0.1) is 0 Å². The van der Waals surface area contributed by atoms with Crippen LogP contribution in [0.3, 0.4) is 0 Å². The Morgan fingerprint density at radius 3 is 1.25 bits per heavy atom. The maximum atomic E-state index is 3.39. The third-order valence-electron chi connectivity index (χ3n) is 0.0238. The van der Waals surface area contributed by atoms with Crippen LogP contribution in [0, 0.1) is 0 Å².